The number of urea groups is 1. The zero-order chi connectivity index (χ0) is 30.5. The summed E-state index contributed by atoms with van der Waals surface area (Å²) in [6.45, 7) is 8.36. The molecule has 0 spiro atoms. The van der Waals surface area contributed by atoms with E-state index in [1.807, 2.05) is 50.3 Å². The predicted molar refractivity (Wildman–Crippen MR) is 176 cm³/mol. The number of aromatic amines is 1. The summed E-state index contributed by atoms with van der Waals surface area (Å²) < 4.78 is 0. The van der Waals surface area contributed by atoms with E-state index in [4.69, 9.17) is 0 Å². The lowest BCUT2D eigenvalue weighted by Gasteiger charge is -2.34. The minimum atomic E-state index is -0.761. The normalized spacial score (nSPS) is 15.4. The second-order valence-corrected chi connectivity index (χ2v) is 12.2. The maximum absolute atomic E-state index is 14.1. The highest BCUT2D eigenvalue weighted by Gasteiger charge is 2.33. The lowest BCUT2D eigenvalue weighted by molar-refractivity contribution is -0.118. The molecule has 1 fully saturated rings. The summed E-state index contributed by atoms with van der Waals surface area (Å²) in [6, 6.07) is 21.9. The number of likely N-dealkylation sites (tertiary alicyclic amines) is 1. The number of rotatable bonds is 9. The number of aromatic nitrogens is 1. The van der Waals surface area contributed by atoms with Crippen LogP contribution in [0, 0.1) is 6.92 Å². The summed E-state index contributed by atoms with van der Waals surface area (Å²) in [5.74, 6) is -0.0336. The van der Waals surface area contributed by atoms with Gasteiger partial charge in [0.05, 0.1) is 0 Å². The van der Waals surface area contributed by atoms with E-state index in [-0.39, 0.29) is 17.9 Å². The number of amides is 3. The van der Waals surface area contributed by atoms with Gasteiger partial charge in [-0.2, -0.15) is 0 Å². The minimum Gasteiger partial charge on any atom is -0.361 e. The molecule has 1 saturated heterocycles. The molecule has 0 bridgehead atoms. The number of carbonyl (C=O) groups excluding carboxylic acids is 2. The number of hydrogen-bond donors (Lipinski definition) is 3. The number of H-pyrrole nitrogens is 1. The van der Waals surface area contributed by atoms with Crippen molar-refractivity contribution in [1.82, 2.24) is 20.1 Å². The molecule has 2 heterocycles. The van der Waals surface area contributed by atoms with Crippen LogP contribution in [0.15, 0.2) is 72.9 Å². The molecule has 1 aliphatic heterocycles. The van der Waals surface area contributed by atoms with E-state index in [2.05, 4.69) is 82.9 Å². The van der Waals surface area contributed by atoms with Gasteiger partial charge < -0.3 is 25.4 Å². The van der Waals surface area contributed by atoms with Crippen molar-refractivity contribution in [2.24, 2.45) is 0 Å². The third-order valence-electron chi connectivity index (χ3n) is 8.90. The molecule has 3 N–H and O–H groups in total. The largest absolute Gasteiger partial charge is 0.361 e. The number of nitrogens with zero attached hydrogens (tertiary/aromatic N) is 2. The Bertz CT molecular complexity index is 1570. The highest BCUT2D eigenvalue weighted by molar-refractivity contribution is 5.99. The lowest BCUT2D eigenvalue weighted by Crippen LogP contribution is -2.53. The summed E-state index contributed by atoms with van der Waals surface area (Å²) in [5, 5.41) is 7.43. The average Bonchev–Trinajstić information content (AvgIpc) is 3.44. The maximum atomic E-state index is 14.1. The molecule has 2 atom stereocenters. The fourth-order valence-corrected chi connectivity index (χ4v) is 6.45. The topological polar surface area (TPSA) is 80.5 Å². The molecule has 226 valence electrons. The second kappa shape index (κ2) is 13.5. The van der Waals surface area contributed by atoms with Crippen molar-refractivity contribution >= 4 is 28.5 Å². The maximum Gasteiger partial charge on any atom is 0.318 e. The van der Waals surface area contributed by atoms with Crippen molar-refractivity contribution < 1.29 is 9.59 Å². The number of hydrogen-bond acceptors (Lipinski definition) is 3. The summed E-state index contributed by atoms with van der Waals surface area (Å²) in [5.41, 5.74) is 7.69. The van der Waals surface area contributed by atoms with Crippen LogP contribution in [0.2, 0.25) is 0 Å². The zero-order valence-corrected chi connectivity index (χ0v) is 26.1. The van der Waals surface area contributed by atoms with Crippen molar-refractivity contribution in [2.75, 3.05) is 32.5 Å². The quantitative estimate of drug-likeness (QED) is 0.204. The number of nitrogens with one attached hydrogen (secondary N) is 3. The summed E-state index contributed by atoms with van der Waals surface area (Å²) >= 11 is 0. The fraction of sp³-hybridized carbons (Fsp3) is 0.389. The third-order valence-corrected chi connectivity index (χ3v) is 8.90. The molecule has 5 rings (SSSR count). The Balaban J connectivity index is 1.37. The molecule has 1 aliphatic rings. The first kappa shape index (κ1) is 30.4. The van der Waals surface area contributed by atoms with Gasteiger partial charge in [0.1, 0.15) is 6.04 Å². The van der Waals surface area contributed by atoms with Gasteiger partial charge in [-0.15, -0.1) is 0 Å². The van der Waals surface area contributed by atoms with Crippen LogP contribution in [0.5, 0.6) is 0 Å². The number of carbonyl (C=O) groups is 2. The summed E-state index contributed by atoms with van der Waals surface area (Å²) in [4.78, 5) is 35.2. The Morgan fingerprint density at radius 2 is 1.74 bits per heavy atom. The zero-order valence-electron chi connectivity index (χ0n) is 26.1. The first-order chi connectivity index (χ1) is 20.7. The molecular weight excluding hydrogens is 534 g/mol. The van der Waals surface area contributed by atoms with Gasteiger partial charge in [0.25, 0.3) is 0 Å². The Morgan fingerprint density at radius 3 is 2.47 bits per heavy atom. The van der Waals surface area contributed by atoms with E-state index in [0.29, 0.717) is 19.0 Å². The molecular formula is C36H45N5O2. The van der Waals surface area contributed by atoms with Gasteiger partial charge in [-0.05, 0) is 86.1 Å². The van der Waals surface area contributed by atoms with Gasteiger partial charge in [-0.3, -0.25) is 4.79 Å². The van der Waals surface area contributed by atoms with Crippen LogP contribution in [0.4, 0.5) is 10.5 Å². The number of benzene rings is 3. The molecule has 0 aliphatic carbocycles. The average molecular weight is 580 g/mol. The Morgan fingerprint density at radius 1 is 1.02 bits per heavy atom. The van der Waals surface area contributed by atoms with Crippen molar-refractivity contribution in [2.45, 2.75) is 64.5 Å². The van der Waals surface area contributed by atoms with Crippen LogP contribution in [0.25, 0.3) is 10.9 Å². The van der Waals surface area contributed by atoms with Crippen LogP contribution in [0.1, 0.15) is 66.3 Å². The van der Waals surface area contributed by atoms with E-state index < -0.39 is 6.04 Å². The number of aryl methyl sites for hydroxylation is 2. The molecule has 7 nitrogen and oxygen atoms in total. The van der Waals surface area contributed by atoms with Gasteiger partial charge in [-0.1, -0.05) is 68.4 Å². The van der Waals surface area contributed by atoms with E-state index in [1.165, 1.54) is 11.1 Å². The first-order valence-corrected chi connectivity index (χ1v) is 15.5. The van der Waals surface area contributed by atoms with Crippen LogP contribution >= 0.6 is 0 Å². The third kappa shape index (κ3) is 6.94. The standard InChI is InChI=1S/C36H45N5O2/c1-6-27-16-15-26(23-40(4)5)21-33(27)38-35(42)34(25(3)31-22-37-32-14-10-9-13-30(31)32)39-36(43)41-19-17-28(18-20-41)29-12-8-7-11-24(29)2/h7-16,21-22,25,28,34,37H,6,17-20,23H2,1-5H3,(H,38,42)(H,39,43)/t25-,34+/m0/s1. The number of piperidine rings is 1. The second-order valence-electron chi connectivity index (χ2n) is 12.2. The highest BCUT2D eigenvalue weighted by atomic mass is 16.2. The molecule has 3 aromatic carbocycles. The lowest BCUT2D eigenvalue weighted by atomic mass is 9.87. The van der Waals surface area contributed by atoms with E-state index >= 15 is 0 Å². The molecule has 0 radical (unpaired) electrons. The van der Waals surface area contributed by atoms with Crippen molar-refractivity contribution in [3.63, 3.8) is 0 Å². The summed E-state index contributed by atoms with van der Waals surface area (Å²) in [6.07, 6.45) is 4.57. The number of fused-ring (bicyclic) bond motifs is 1. The van der Waals surface area contributed by atoms with Gasteiger partial charge in [0.2, 0.25) is 5.91 Å². The van der Waals surface area contributed by atoms with Crippen molar-refractivity contribution in [3.8, 4) is 0 Å². The van der Waals surface area contributed by atoms with Crippen LogP contribution < -0.4 is 10.6 Å². The van der Waals surface area contributed by atoms with Crippen LogP contribution in [0.3, 0.4) is 0 Å². The SMILES string of the molecule is CCc1ccc(CN(C)C)cc1NC(=O)[C@H](NC(=O)N1CCC(c2ccccc2C)CC1)[C@@H](C)c1c[nH]c2ccccc12. The number of para-hydroxylation sites is 1. The van der Waals surface area contributed by atoms with Crippen LogP contribution in [-0.2, 0) is 17.8 Å². The first-order valence-electron chi connectivity index (χ1n) is 15.5. The van der Waals surface area contributed by atoms with E-state index in [1.54, 1.807) is 0 Å². The highest BCUT2D eigenvalue weighted by Crippen LogP contribution is 2.32. The van der Waals surface area contributed by atoms with Gasteiger partial charge in [0, 0.05) is 48.3 Å². The van der Waals surface area contributed by atoms with Crippen LogP contribution in [-0.4, -0.2) is 59.9 Å². The Kier molecular flexibility index (Phi) is 9.51. The monoisotopic (exact) mass is 579 g/mol. The molecule has 7 heteroatoms. The summed E-state index contributed by atoms with van der Waals surface area (Å²) in [7, 11) is 4.06. The van der Waals surface area contributed by atoms with E-state index in [0.717, 1.165) is 59.1 Å². The predicted octanol–water partition coefficient (Wildman–Crippen LogP) is 6.80. The molecule has 43 heavy (non-hydrogen) atoms. The van der Waals surface area contributed by atoms with Gasteiger partial charge >= 0.3 is 6.03 Å². The van der Waals surface area contributed by atoms with E-state index in [9.17, 15) is 9.59 Å². The molecule has 0 unspecified atom stereocenters. The van der Waals surface area contributed by atoms with Crippen molar-refractivity contribution in [3.05, 3.63) is 101 Å². The Labute approximate surface area is 255 Å². The molecule has 0 saturated carbocycles. The Hall–Kier alpha value is -4.10. The fourth-order valence-electron chi connectivity index (χ4n) is 6.45. The number of anilines is 1. The molecule has 1 aromatic heterocycles. The minimum absolute atomic E-state index is 0.188. The smallest absolute Gasteiger partial charge is 0.318 e. The molecule has 4 aromatic rings. The van der Waals surface area contributed by atoms with Crippen molar-refractivity contribution in [1.29, 1.82) is 0 Å². The molecule has 3 amide bonds. The van der Waals surface area contributed by atoms with Gasteiger partial charge in [-0.25, -0.2) is 4.79 Å². The van der Waals surface area contributed by atoms with Gasteiger partial charge in [0.15, 0.2) is 0 Å².